The molecule has 0 saturated heterocycles. The summed E-state index contributed by atoms with van der Waals surface area (Å²) in [6.07, 6.45) is 8.43. The Morgan fingerprint density at radius 2 is 2.00 bits per heavy atom. The van der Waals surface area contributed by atoms with Crippen molar-refractivity contribution in [3.63, 3.8) is 0 Å². The van der Waals surface area contributed by atoms with Crippen LogP contribution in [0.1, 0.15) is 17.3 Å². The van der Waals surface area contributed by atoms with E-state index in [1.807, 2.05) is 0 Å². The SMILES string of the molecule is C=C.C=C/C=C\C(=C)C(=C)/C(=C\C)NC(=O)c1cccnc1Cl. The van der Waals surface area contributed by atoms with Gasteiger partial charge < -0.3 is 5.32 Å². The van der Waals surface area contributed by atoms with Gasteiger partial charge in [-0.3, -0.25) is 4.79 Å². The van der Waals surface area contributed by atoms with Crippen LogP contribution in [0, 0.1) is 0 Å². The Bertz CT molecular complexity index is 657. The summed E-state index contributed by atoms with van der Waals surface area (Å²) in [4.78, 5) is 16.1. The molecule has 0 aliphatic carbocycles. The number of carbonyl (C=O) groups is 1. The first kappa shape index (κ1) is 20.3. The summed E-state index contributed by atoms with van der Waals surface area (Å²) in [5.41, 5.74) is 2.17. The van der Waals surface area contributed by atoms with Gasteiger partial charge in [0.15, 0.2) is 0 Å². The molecule has 0 unspecified atom stereocenters. The van der Waals surface area contributed by atoms with Gasteiger partial charge in [-0.15, -0.1) is 13.2 Å². The van der Waals surface area contributed by atoms with Crippen molar-refractivity contribution in [2.24, 2.45) is 0 Å². The summed E-state index contributed by atoms with van der Waals surface area (Å²) in [5.74, 6) is -0.345. The molecule has 120 valence electrons. The Morgan fingerprint density at radius 3 is 2.52 bits per heavy atom. The second-order valence-corrected chi connectivity index (χ2v) is 4.45. The van der Waals surface area contributed by atoms with E-state index in [0.717, 1.165) is 0 Å². The maximum absolute atomic E-state index is 12.2. The molecular weight excluding hydrogens is 308 g/mol. The summed E-state index contributed by atoms with van der Waals surface area (Å²) in [6.45, 7) is 19.2. The number of halogens is 1. The van der Waals surface area contributed by atoms with Crippen LogP contribution in [0.4, 0.5) is 0 Å². The number of carbonyl (C=O) groups excluding carboxylic acids is 1. The minimum absolute atomic E-state index is 0.154. The second kappa shape index (κ2) is 11.0. The van der Waals surface area contributed by atoms with E-state index in [9.17, 15) is 4.79 Å². The molecule has 23 heavy (non-hydrogen) atoms. The second-order valence-electron chi connectivity index (χ2n) is 4.10. The molecule has 4 heteroatoms. The fourth-order valence-corrected chi connectivity index (χ4v) is 1.73. The summed E-state index contributed by atoms with van der Waals surface area (Å²) in [5, 5.41) is 2.91. The van der Waals surface area contributed by atoms with Crippen LogP contribution in [-0.4, -0.2) is 10.9 Å². The third-order valence-electron chi connectivity index (χ3n) is 2.69. The van der Waals surface area contributed by atoms with Crippen LogP contribution in [0.3, 0.4) is 0 Å². The minimum atomic E-state index is -0.345. The van der Waals surface area contributed by atoms with Gasteiger partial charge in [0, 0.05) is 11.9 Å². The molecule has 0 aromatic carbocycles. The van der Waals surface area contributed by atoms with Crippen molar-refractivity contribution in [2.75, 3.05) is 0 Å². The quantitative estimate of drug-likeness (QED) is 0.452. The van der Waals surface area contributed by atoms with Crippen molar-refractivity contribution in [3.05, 3.63) is 103 Å². The number of nitrogens with one attached hydrogen (secondary N) is 1. The van der Waals surface area contributed by atoms with Crippen LogP contribution in [0.15, 0.2) is 92.4 Å². The number of hydrogen-bond donors (Lipinski definition) is 1. The number of pyridine rings is 1. The molecule has 0 bridgehead atoms. The van der Waals surface area contributed by atoms with Crippen molar-refractivity contribution in [1.82, 2.24) is 10.3 Å². The Labute approximate surface area is 143 Å². The zero-order chi connectivity index (χ0) is 17.8. The van der Waals surface area contributed by atoms with Crippen molar-refractivity contribution in [2.45, 2.75) is 6.92 Å². The normalized spacial score (nSPS) is 10.4. The fourth-order valence-electron chi connectivity index (χ4n) is 1.52. The zero-order valence-corrected chi connectivity index (χ0v) is 14.1. The molecule has 0 spiro atoms. The summed E-state index contributed by atoms with van der Waals surface area (Å²) in [7, 11) is 0. The lowest BCUT2D eigenvalue weighted by Gasteiger charge is -2.13. The Balaban J connectivity index is 0.00000232. The highest BCUT2D eigenvalue weighted by Gasteiger charge is 2.13. The molecule has 1 rings (SSSR count). The standard InChI is InChI=1S/C17H17ClN2O.C2H4/c1-5-7-9-12(3)13(4)15(6-2)20-17(21)14-10-8-11-19-16(14)18;1-2/h5-11H,1,3-4H2,2H3,(H,20,21);1-2H2/b9-7-,15-6+;. The van der Waals surface area contributed by atoms with Gasteiger partial charge >= 0.3 is 0 Å². The molecule has 1 aromatic heterocycles. The highest BCUT2D eigenvalue weighted by atomic mass is 35.5. The van der Waals surface area contributed by atoms with Crippen molar-refractivity contribution in [3.8, 4) is 0 Å². The Kier molecular flexibility index (Phi) is 9.72. The van der Waals surface area contributed by atoms with E-state index < -0.39 is 0 Å². The van der Waals surface area contributed by atoms with Gasteiger partial charge in [0.2, 0.25) is 0 Å². The molecule has 0 aliphatic heterocycles. The van der Waals surface area contributed by atoms with E-state index in [0.29, 0.717) is 22.4 Å². The number of nitrogens with zero attached hydrogens (tertiary/aromatic N) is 1. The van der Waals surface area contributed by atoms with Crippen LogP contribution >= 0.6 is 11.6 Å². The molecule has 1 N–H and O–H groups in total. The van der Waals surface area contributed by atoms with E-state index >= 15 is 0 Å². The molecule has 0 saturated carbocycles. The maximum atomic E-state index is 12.2. The smallest absolute Gasteiger partial charge is 0.258 e. The predicted octanol–water partition coefficient (Wildman–Crippen LogP) is 5.03. The van der Waals surface area contributed by atoms with Crippen LogP contribution in [0.2, 0.25) is 5.15 Å². The zero-order valence-electron chi connectivity index (χ0n) is 13.3. The van der Waals surface area contributed by atoms with Crippen LogP contribution in [0.5, 0.6) is 0 Å². The van der Waals surface area contributed by atoms with E-state index in [4.69, 9.17) is 11.6 Å². The lowest BCUT2D eigenvalue weighted by atomic mass is 10.1. The number of amides is 1. The number of rotatable bonds is 6. The van der Waals surface area contributed by atoms with E-state index in [-0.39, 0.29) is 11.1 Å². The monoisotopic (exact) mass is 328 g/mol. The van der Waals surface area contributed by atoms with Gasteiger partial charge in [-0.05, 0) is 30.2 Å². The Hall–Kier alpha value is -2.65. The van der Waals surface area contributed by atoms with Crippen molar-refractivity contribution >= 4 is 17.5 Å². The van der Waals surface area contributed by atoms with E-state index in [2.05, 4.69) is 43.2 Å². The molecule has 1 amide bonds. The average molecular weight is 329 g/mol. The van der Waals surface area contributed by atoms with Crippen LogP contribution < -0.4 is 5.32 Å². The largest absolute Gasteiger partial charge is 0.322 e. The Morgan fingerprint density at radius 1 is 1.35 bits per heavy atom. The third-order valence-corrected chi connectivity index (χ3v) is 2.99. The van der Waals surface area contributed by atoms with Crippen molar-refractivity contribution in [1.29, 1.82) is 0 Å². The average Bonchev–Trinajstić information content (AvgIpc) is 2.58. The van der Waals surface area contributed by atoms with Crippen LogP contribution in [-0.2, 0) is 0 Å². The maximum Gasteiger partial charge on any atom is 0.258 e. The van der Waals surface area contributed by atoms with Gasteiger partial charge in [0.1, 0.15) is 5.15 Å². The molecule has 1 heterocycles. The lowest BCUT2D eigenvalue weighted by Crippen LogP contribution is -2.24. The third kappa shape index (κ3) is 6.32. The van der Waals surface area contributed by atoms with Gasteiger partial charge in [0.25, 0.3) is 5.91 Å². The molecular formula is C19H21ClN2O. The van der Waals surface area contributed by atoms with Crippen molar-refractivity contribution < 1.29 is 4.79 Å². The molecule has 1 aromatic rings. The van der Waals surface area contributed by atoms with E-state index in [1.165, 1.54) is 6.20 Å². The number of aromatic nitrogens is 1. The molecule has 3 nitrogen and oxygen atoms in total. The lowest BCUT2D eigenvalue weighted by molar-refractivity contribution is 0.0966. The topological polar surface area (TPSA) is 42.0 Å². The molecule has 0 atom stereocenters. The number of allylic oxidation sites excluding steroid dienone is 5. The molecule has 0 aliphatic rings. The predicted molar refractivity (Wildman–Crippen MR) is 99.3 cm³/mol. The first-order chi connectivity index (χ1) is 11.0. The van der Waals surface area contributed by atoms with Gasteiger partial charge in [0.05, 0.1) is 5.56 Å². The molecule has 0 fully saturated rings. The van der Waals surface area contributed by atoms with Gasteiger partial charge in [-0.1, -0.05) is 55.6 Å². The van der Waals surface area contributed by atoms with Gasteiger partial charge in [-0.25, -0.2) is 4.98 Å². The highest BCUT2D eigenvalue weighted by molar-refractivity contribution is 6.32. The highest BCUT2D eigenvalue weighted by Crippen LogP contribution is 2.17. The fraction of sp³-hybridized carbons (Fsp3) is 0.0526. The van der Waals surface area contributed by atoms with Crippen LogP contribution in [0.25, 0.3) is 0 Å². The van der Waals surface area contributed by atoms with Gasteiger partial charge in [-0.2, -0.15) is 0 Å². The van der Waals surface area contributed by atoms with E-state index in [1.54, 1.807) is 43.4 Å². The summed E-state index contributed by atoms with van der Waals surface area (Å²) in [6, 6.07) is 3.25. The summed E-state index contributed by atoms with van der Waals surface area (Å²) < 4.78 is 0. The minimum Gasteiger partial charge on any atom is -0.322 e. The first-order valence-electron chi connectivity index (χ1n) is 6.77. The molecule has 0 radical (unpaired) electrons. The first-order valence-corrected chi connectivity index (χ1v) is 7.14. The summed E-state index contributed by atoms with van der Waals surface area (Å²) >= 11 is 5.90. The number of hydrogen-bond acceptors (Lipinski definition) is 2.